The highest BCUT2D eigenvalue weighted by Gasteiger charge is 2.46. The summed E-state index contributed by atoms with van der Waals surface area (Å²) >= 11 is 0. The van der Waals surface area contributed by atoms with Crippen LogP contribution in [0, 0.1) is 11.8 Å². The maximum atomic E-state index is 12.6. The van der Waals surface area contributed by atoms with Gasteiger partial charge in [-0.1, -0.05) is 0 Å². The number of hydrogen-bond acceptors (Lipinski definition) is 6. The van der Waals surface area contributed by atoms with Gasteiger partial charge in [0.2, 0.25) is 11.8 Å². The number of ether oxygens (including phenoxy) is 3. The molecule has 2 amide bonds. The van der Waals surface area contributed by atoms with Crippen molar-refractivity contribution in [3.63, 3.8) is 0 Å². The van der Waals surface area contributed by atoms with E-state index in [4.69, 9.17) is 14.2 Å². The van der Waals surface area contributed by atoms with E-state index in [0.29, 0.717) is 25.6 Å². The lowest BCUT2D eigenvalue weighted by molar-refractivity contribution is -0.142. The first-order valence-corrected chi connectivity index (χ1v) is 11.8. The van der Waals surface area contributed by atoms with E-state index < -0.39 is 6.10 Å². The fourth-order valence-corrected chi connectivity index (χ4v) is 5.03. The van der Waals surface area contributed by atoms with E-state index in [1.54, 1.807) is 0 Å². The first-order chi connectivity index (χ1) is 15.6. The van der Waals surface area contributed by atoms with Gasteiger partial charge in [0.15, 0.2) is 0 Å². The van der Waals surface area contributed by atoms with Crippen LogP contribution in [0.2, 0.25) is 0 Å². The van der Waals surface area contributed by atoms with E-state index in [1.807, 2.05) is 18.2 Å². The molecule has 8 heteroatoms. The second-order valence-corrected chi connectivity index (χ2v) is 9.48. The Balaban J connectivity index is 1.26. The molecule has 3 fully saturated rings. The average Bonchev–Trinajstić information content (AvgIpc) is 3.58. The quantitative estimate of drug-likeness (QED) is 0.594. The zero-order valence-corrected chi connectivity index (χ0v) is 18.3. The molecule has 1 aromatic carbocycles. The second kappa shape index (κ2) is 9.37. The summed E-state index contributed by atoms with van der Waals surface area (Å²) in [5, 5.41) is 15.9. The molecule has 4 aliphatic rings. The molecule has 4 atom stereocenters. The molecule has 5 rings (SSSR count). The van der Waals surface area contributed by atoms with Crippen molar-refractivity contribution in [1.82, 2.24) is 5.32 Å². The Bertz CT molecular complexity index is 851. The molecule has 1 saturated carbocycles. The molecular formula is C24H32N2O6. The molecule has 174 valence electrons. The summed E-state index contributed by atoms with van der Waals surface area (Å²) in [6.07, 6.45) is 3.74. The van der Waals surface area contributed by atoms with Crippen LogP contribution < -0.4 is 15.4 Å². The summed E-state index contributed by atoms with van der Waals surface area (Å²) < 4.78 is 17.5. The van der Waals surface area contributed by atoms with Crippen molar-refractivity contribution in [3.8, 4) is 5.75 Å². The summed E-state index contributed by atoms with van der Waals surface area (Å²) in [4.78, 5) is 25.0. The molecule has 8 nitrogen and oxygen atoms in total. The number of rotatable bonds is 7. The predicted molar refractivity (Wildman–Crippen MR) is 116 cm³/mol. The zero-order valence-electron chi connectivity index (χ0n) is 18.3. The summed E-state index contributed by atoms with van der Waals surface area (Å²) in [6, 6.07) is 5.70. The Morgan fingerprint density at radius 1 is 1.12 bits per heavy atom. The van der Waals surface area contributed by atoms with Crippen molar-refractivity contribution >= 4 is 17.5 Å². The van der Waals surface area contributed by atoms with Crippen molar-refractivity contribution in [2.75, 3.05) is 31.7 Å². The maximum absolute atomic E-state index is 12.6. The highest BCUT2D eigenvalue weighted by Crippen LogP contribution is 2.47. The standard InChI is InChI=1S/C24H32N2O6/c27-13-21-23-19(10-17(31-21)11-22(28)25-12-14-1-2-14)18-9-16(3-4-20(18)32-23)26-24(29)15-5-7-30-8-6-15/h3-4,9,14-15,17,19,21,23,27H,1-2,5-8,10-13H2,(H,25,28)(H,26,29)/t17-,19+,21-,23-/m1/s1. The molecule has 0 spiro atoms. The molecule has 1 aliphatic carbocycles. The van der Waals surface area contributed by atoms with Gasteiger partial charge in [0.05, 0.1) is 19.1 Å². The number of hydrogen-bond donors (Lipinski definition) is 3. The number of carbonyl (C=O) groups is 2. The number of benzene rings is 1. The van der Waals surface area contributed by atoms with Crippen LogP contribution in [-0.4, -0.2) is 61.6 Å². The summed E-state index contributed by atoms with van der Waals surface area (Å²) in [5.74, 6) is 1.39. The minimum absolute atomic E-state index is 0.00588. The molecule has 0 aromatic heterocycles. The smallest absolute Gasteiger partial charge is 0.227 e. The topological polar surface area (TPSA) is 106 Å². The van der Waals surface area contributed by atoms with Gasteiger partial charge in [0.25, 0.3) is 0 Å². The van der Waals surface area contributed by atoms with Gasteiger partial charge in [0.1, 0.15) is 18.0 Å². The van der Waals surface area contributed by atoms with E-state index in [2.05, 4.69) is 10.6 Å². The van der Waals surface area contributed by atoms with Gasteiger partial charge in [-0.25, -0.2) is 0 Å². The van der Waals surface area contributed by atoms with Crippen molar-refractivity contribution in [3.05, 3.63) is 23.8 Å². The number of aliphatic hydroxyl groups is 1. The van der Waals surface area contributed by atoms with Crippen LogP contribution in [-0.2, 0) is 19.1 Å². The van der Waals surface area contributed by atoms with Gasteiger partial charge in [-0.05, 0) is 56.2 Å². The number of amides is 2. The summed E-state index contributed by atoms with van der Waals surface area (Å²) in [6.45, 7) is 1.82. The van der Waals surface area contributed by atoms with Gasteiger partial charge < -0.3 is 30.0 Å². The monoisotopic (exact) mass is 444 g/mol. The van der Waals surface area contributed by atoms with E-state index in [1.165, 1.54) is 12.8 Å². The number of carbonyl (C=O) groups excluding carboxylic acids is 2. The largest absolute Gasteiger partial charge is 0.487 e. The van der Waals surface area contributed by atoms with E-state index in [9.17, 15) is 14.7 Å². The predicted octanol–water partition coefficient (Wildman–Crippen LogP) is 1.96. The first-order valence-electron chi connectivity index (χ1n) is 11.8. The lowest BCUT2D eigenvalue weighted by Crippen LogP contribution is -2.47. The van der Waals surface area contributed by atoms with Gasteiger partial charge in [-0.15, -0.1) is 0 Å². The van der Waals surface area contributed by atoms with Crippen LogP contribution in [0.25, 0.3) is 0 Å². The van der Waals surface area contributed by atoms with Crippen LogP contribution in [0.15, 0.2) is 18.2 Å². The number of fused-ring (bicyclic) bond motifs is 3. The molecule has 2 saturated heterocycles. The van der Waals surface area contributed by atoms with Crippen molar-refractivity contribution in [2.45, 2.75) is 62.8 Å². The average molecular weight is 445 g/mol. The van der Waals surface area contributed by atoms with Crippen molar-refractivity contribution in [1.29, 1.82) is 0 Å². The Morgan fingerprint density at radius 2 is 1.94 bits per heavy atom. The second-order valence-electron chi connectivity index (χ2n) is 9.48. The highest BCUT2D eigenvalue weighted by atomic mass is 16.6. The molecular weight excluding hydrogens is 412 g/mol. The molecule has 0 unspecified atom stereocenters. The maximum Gasteiger partial charge on any atom is 0.227 e. The van der Waals surface area contributed by atoms with Crippen LogP contribution >= 0.6 is 0 Å². The first kappa shape index (κ1) is 21.7. The summed E-state index contributed by atoms with van der Waals surface area (Å²) in [7, 11) is 0. The third kappa shape index (κ3) is 4.77. The minimum atomic E-state index is -0.484. The number of nitrogens with one attached hydrogen (secondary N) is 2. The van der Waals surface area contributed by atoms with Crippen LogP contribution in [0.4, 0.5) is 5.69 Å². The molecule has 0 radical (unpaired) electrons. The number of anilines is 1. The third-order valence-electron chi connectivity index (χ3n) is 7.06. The molecule has 3 N–H and O–H groups in total. The lowest BCUT2D eigenvalue weighted by Gasteiger charge is -2.37. The zero-order chi connectivity index (χ0) is 22.1. The Kier molecular flexibility index (Phi) is 6.35. The third-order valence-corrected chi connectivity index (χ3v) is 7.06. The fraction of sp³-hybridized carbons (Fsp3) is 0.667. The van der Waals surface area contributed by atoms with Crippen LogP contribution in [0.1, 0.15) is 50.0 Å². The van der Waals surface area contributed by atoms with Gasteiger partial charge in [-0.2, -0.15) is 0 Å². The van der Waals surface area contributed by atoms with Crippen molar-refractivity contribution < 1.29 is 28.9 Å². The molecule has 1 aromatic rings. The van der Waals surface area contributed by atoms with E-state index >= 15 is 0 Å². The van der Waals surface area contributed by atoms with Gasteiger partial charge in [0, 0.05) is 42.8 Å². The SMILES string of the molecule is O=C(C[C@H]1C[C@H]2c3cc(NC(=O)C4CCOCC4)ccc3O[C@H]2[C@@H](CO)O1)NCC1CC1. The molecule has 3 aliphatic heterocycles. The minimum Gasteiger partial charge on any atom is -0.487 e. The Morgan fingerprint density at radius 3 is 2.69 bits per heavy atom. The van der Waals surface area contributed by atoms with Crippen LogP contribution in [0.5, 0.6) is 5.75 Å². The molecule has 3 heterocycles. The molecule has 32 heavy (non-hydrogen) atoms. The highest BCUT2D eigenvalue weighted by molar-refractivity contribution is 5.92. The van der Waals surface area contributed by atoms with E-state index in [0.717, 1.165) is 36.4 Å². The van der Waals surface area contributed by atoms with Gasteiger partial charge in [-0.3, -0.25) is 9.59 Å². The Hall–Kier alpha value is -2.16. The lowest BCUT2D eigenvalue weighted by atomic mass is 9.84. The molecule has 0 bridgehead atoms. The van der Waals surface area contributed by atoms with Gasteiger partial charge >= 0.3 is 0 Å². The normalized spacial score (nSPS) is 29.5. The Labute approximate surface area is 188 Å². The summed E-state index contributed by atoms with van der Waals surface area (Å²) in [5.41, 5.74) is 1.75. The number of aliphatic hydroxyl groups excluding tert-OH is 1. The van der Waals surface area contributed by atoms with E-state index in [-0.39, 0.29) is 48.9 Å². The fourth-order valence-electron chi connectivity index (χ4n) is 5.03. The van der Waals surface area contributed by atoms with Crippen molar-refractivity contribution in [2.24, 2.45) is 11.8 Å². The van der Waals surface area contributed by atoms with Crippen LogP contribution in [0.3, 0.4) is 0 Å².